The first-order valence-electron chi connectivity index (χ1n) is 6.20. The van der Waals surface area contributed by atoms with Gasteiger partial charge in [0, 0.05) is 5.02 Å². The lowest BCUT2D eigenvalue weighted by molar-refractivity contribution is 0.0682. The van der Waals surface area contributed by atoms with Crippen molar-refractivity contribution in [2.75, 3.05) is 4.72 Å². The maximum atomic E-state index is 12.4. The molecule has 24 heavy (non-hydrogen) atoms. The number of rotatable bonds is 5. The Morgan fingerprint density at radius 2 is 1.62 bits per heavy atom. The molecule has 0 fully saturated rings. The van der Waals surface area contributed by atoms with Gasteiger partial charge in [0.15, 0.2) is 0 Å². The lowest BCUT2D eigenvalue weighted by atomic mass is 10.1. The number of hydrogen-bond acceptors (Lipinski definition) is 4. The van der Waals surface area contributed by atoms with Crippen molar-refractivity contribution in [2.45, 2.75) is 4.90 Å². The summed E-state index contributed by atoms with van der Waals surface area (Å²) in [6.07, 6.45) is 0. The molecule has 0 saturated heterocycles. The molecule has 0 aliphatic rings. The molecular formula is C14H9Cl2NO6S. The van der Waals surface area contributed by atoms with Crippen LogP contribution in [0.25, 0.3) is 0 Å². The van der Waals surface area contributed by atoms with Crippen molar-refractivity contribution in [2.24, 2.45) is 0 Å². The fourth-order valence-corrected chi connectivity index (χ4v) is 3.67. The van der Waals surface area contributed by atoms with E-state index in [0.29, 0.717) is 0 Å². The van der Waals surface area contributed by atoms with Gasteiger partial charge in [-0.25, -0.2) is 18.0 Å². The van der Waals surface area contributed by atoms with Crippen molar-refractivity contribution in [3.63, 3.8) is 0 Å². The number of carbonyl (C=O) groups is 2. The molecule has 0 aliphatic heterocycles. The molecule has 10 heteroatoms. The molecule has 0 aliphatic carbocycles. The molecule has 7 nitrogen and oxygen atoms in total. The minimum atomic E-state index is -4.29. The standard InChI is InChI=1S/C14H9Cl2NO6S/c15-8-2-4-10(16)12(6-8)24(22,23)17-11-5-7(13(18)19)1-3-9(11)14(20)21/h1-6,17H,(H,18,19)(H,20,21). The monoisotopic (exact) mass is 389 g/mol. The van der Waals surface area contributed by atoms with E-state index in [-0.39, 0.29) is 20.5 Å². The molecule has 0 heterocycles. The number of hydrogen-bond donors (Lipinski definition) is 3. The molecule has 0 spiro atoms. The highest BCUT2D eigenvalue weighted by molar-refractivity contribution is 7.92. The Bertz CT molecular complexity index is 942. The van der Waals surface area contributed by atoms with Crippen LogP contribution in [0.2, 0.25) is 10.0 Å². The van der Waals surface area contributed by atoms with E-state index in [9.17, 15) is 18.0 Å². The molecule has 0 atom stereocenters. The van der Waals surface area contributed by atoms with E-state index in [1.165, 1.54) is 12.1 Å². The number of aromatic carboxylic acids is 2. The first-order chi connectivity index (χ1) is 11.1. The molecular weight excluding hydrogens is 381 g/mol. The van der Waals surface area contributed by atoms with Crippen molar-refractivity contribution in [1.82, 2.24) is 0 Å². The maximum Gasteiger partial charge on any atom is 0.337 e. The number of anilines is 1. The molecule has 2 aromatic rings. The smallest absolute Gasteiger partial charge is 0.337 e. The Hall–Kier alpha value is -2.29. The van der Waals surface area contributed by atoms with Crippen LogP contribution in [0.4, 0.5) is 5.69 Å². The summed E-state index contributed by atoms with van der Waals surface area (Å²) >= 11 is 11.6. The molecule has 0 bridgehead atoms. The van der Waals surface area contributed by atoms with E-state index in [2.05, 4.69) is 0 Å². The van der Waals surface area contributed by atoms with Crippen LogP contribution in [0, 0.1) is 0 Å². The Labute approximate surface area is 146 Å². The molecule has 3 N–H and O–H groups in total. The van der Waals surface area contributed by atoms with Gasteiger partial charge in [-0.3, -0.25) is 4.72 Å². The summed E-state index contributed by atoms with van der Waals surface area (Å²) in [6.45, 7) is 0. The van der Waals surface area contributed by atoms with Crippen LogP contribution in [-0.4, -0.2) is 30.6 Å². The van der Waals surface area contributed by atoms with Crippen LogP contribution < -0.4 is 4.72 Å². The fraction of sp³-hybridized carbons (Fsp3) is 0. The summed E-state index contributed by atoms with van der Waals surface area (Å²) in [5.41, 5.74) is -1.10. The Balaban J connectivity index is 2.56. The molecule has 0 amide bonds. The van der Waals surface area contributed by atoms with E-state index >= 15 is 0 Å². The minimum Gasteiger partial charge on any atom is -0.478 e. The predicted molar refractivity (Wildman–Crippen MR) is 87.6 cm³/mol. The number of nitrogens with one attached hydrogen (secondary N) is 1. The molecule has 126 valence electrons. The van der Waals surface area contributed by atoms with Crippen molar-refractivity contribution < 1.29 is 28.2 Å². The first kappa shape index (κ1) is 18.1. The zero-order valence-electron chi connectivity index (χ0n) is 11.7. The van der Waals surface area contributed by atoms with Gasteiger partial charge in [-0.05, 0) is 36.4 Å². The Morgan fingerprint density at radius 1 is 0.958 bits per heavy atom. The molecule has 2 rings (SSSR count). The highest BCUT2D eigenvalue weighted by Gasteiger charge is 2.22. The van der Waals surface area contributed by atoms with E-state index in [1.807, 2.05) is 4.72 Å². The fourth-order valence-electron chi connectivity index (χ4n) is 1.83. The highest BCUT2D eigenvalue weighted by Crippen LogP contribution is 2.28. The molecule has 0 aromatic heterocycles. The zero-order chi connectivity index (χ0) is 18.1. The van der Waals surface area contributed by atoms with Gasteiger partial charge >= 0.3 is 11.9 Å². The van der Waals surface area contributed by atoms with Crippen LogP contribution in [0.5, 0.6) is 0 Å². The van der Waals surface area contributed by atoms with Gasteiger partial charge in [-0.2, -0.15) is 0 Å². The number of sulfonamides is 1. The normalized spacial score (nSPS) is 11.1. The SMILES string of the molecule is O=C(O)c1ccc(C(=O)O)c(NS(=O)(=O)c2cc(Cl)ccc2Cl)c1. The van der Waals surface area contributed by atoms with Crippen molar-refractivity contribution in [1.29, 1.82) is 0 Å². The molecule has 0 unspecified atom stereocenters. The Kier molecular flexibility index (Phi) is 5.02. The van der Waals surface area contributed by atoms with Gasteiger partial charge in [0.1, 0.15) is 4.90 Å². The second-order valence-electron chi connectivity index (χ2n) is 4.55. The van der Waals surface area contributed by atoms with Gasteiger partial charge < -0.3 is 10.2 Å². The zero-order valence-corrected chi connectivity index (χ0v) is 14.0. The molecule has 0 radical (unpaired) electrons. The van der Waals surface area contributed by atoms with Gasteiger partial charge in [-0.1, -0.05) is 23.2 Å². The van der Waals surface area contributed by atoms with Crippen LogP contribution in [0.15, 0.2) is 41.3 Å². The van der Waals surface area contributed by atoms with Gasteiger partial charge in [0.2, 0.25) is 0 Å². The van der Waals surface area contributed by atoms with Crippen LogP contribution in [-0.2, 0) is 10.0 Å². The summed E-state index contributed by atoms with van der Waals surface area (Å²) in [4.78, 5) is 21.9. The molecule has 2 aromatic carbocycles. The van der Waals surface area contributed by atoms with Gasteiger partial charge in [0.25, 0.3) is 10.0 Å². The van der Waals surface area contributed by atoms with Crippen LogP contribution >= 0.6 is 23.2 Å². The average Bonchev–Trinajstić information content (AvgIpc) is 2.48. The van der Waals surface area contributed by atoms with Gasteiger partial charge in [0.05, 0.1) is 21.8 Å². The largest absolute Gasteiger partial charge is 0.478 e. The Morgan fingerprint density at radius 3 is 2.21 bits per heavy atom. The number of carboxylic acids is 2. The lowest BCUT2D eigenvalue weighted by Crippen LogP contribution is -2.16. The van der Waals surface area contributed by atoms with E-state index in [4.69, 9.17) is 33.4 Å². The van der Waals surface area contributed by atoms with Gasteiger partial charge in [-0.15, -0.1) is 0 Å². The number of carboxylic acid groups (broad SMARTS) is 2. The van der Waals surface area contributed by atoms with Crippen LogP contribution in [0.3, 0.4) is 0 Å². The quantitative estimate of drug-likeness (QED) is 0.721. The second kappa shape index (κ2) is 6.68. The third-order valence-corrected chi connectivity index (χ3v) is 5.01. The van der Waals surface area contributed by atoms with Crippen molar-refractivity contribution in [3.8, 4) is 0 Å². The first-order valence-corrected chi connectivity index (χ1v) is 8.44. The minimum absolute atomic E-state index is 0.109. The van der Waals surface area contributed by atoms with Crippen LogP contribution in [0.1, 0.15) is 20.7 Å². The van der Waals surface area contributed by atoms with E-state index in [1.54, 1.807) is 0 Å². The van der Waals surface area contributed by atoms with E-state index < -0.39 is 33.2 Å². The van der Waals surface area contributed by atoms with E-state index in [0.717, 1.165) is 24.3 Å². The predicted octanol–water partition coefficient (Wildman–Crippen LogP) is 3.19. The summed E-state index contributed by atoms with van der Waals surface area (Å²) in [7, 11) is -4.29. The third-order valence-electron chi connectivity index (χ3n) is 2.92. The topological polar surface area (TPSA) is 121 Å². The van der Waals surface area contributed by atoms with Crippen molar-refractivity contribution >= 4 is 50.9 Å². The highest BCUT2D eigenvalue weighted by atomic mass is 35.5. The number of halogens is 2. The summed E-state index contributed by atoms with van der Waals surface area (Å²) < 4.78 is 26.9. The second-order valence-corrected chi connectivity index (χ2v) is 7.05. The third kappa shape index (κ3) is 3.78. The maximum absolute atomic E-state index is 12.4. The summed E-state index contributed by atoms with van der Waals surface area (Å²) in [5.74, 6) is -2.77. The average molecular weight is 390 g/mol. The summed E-state index contributed by atoms with van der Waals surface area (Å²) in [6, 6.07) is 6.69. The summed E-state index contributed by atoms with van der Waals surface area (Å²) in [5, 5.41) is 18.1. The van der Waals surface area contributed by atoms with Crippen molar-refractivity contribution in [3.05, 3.63) is 57.6 Å². The number of benzene rings is 2. The lowest BCUT2D eigenvalue weighted by Gasteiger charge is -2.12. The molecule has 0 saturated carbocycles.